The lowest BCUT2D eigenvalue weighted by molar-refractivity contribution is -0.137. The van der Waals surface area contributed by atoms with E-state index in [1.807, 2.05) is 6.92 Å². The van der Waals surface area contributed by atoms with Crippen molar-refractivity contribution < 1.29 is 22.8 Å². The average molecular weight is 345 g/mol. The van der Waals surface area contributed by atoms with Crippen molar-refractivity contribution in [3.8, 4) is 0 Å². The molecule has 0 saturated carbocycles. The van der Waals surface area contributed by atoms with Crippen LogP contribution >= 0.6 is 0 Å². The Morgan fingerprint density at radius 2 is 1.83 bits per heavy atom. The molecule has 2 amide bonds. The summed E-state index contributed by atoms with van der Waals surface area (Å²) in [6.07, 6.45) is -1.78. The number of alkyl halides is 3. The van der Waals surface area contributed by atoms with E-state index in [1.54, 1.807) is 0 Å². The summed E-state index contributed by atoms with van der Waals surface area (Å²) in [6.45, 7) is 2.07. The van der Waals surface area contributed by atoms with Crippen LogP contribution in [0.15, 0.2) is 24.3 Å². The lowest BCUT2D eigenvalue weighted by atomic mass is 10.1. The third-order valence-corrected chi connectivity index (χ3v) is 3.44. The number of benzene rings is 1. The lowest BCUT2D eigenvalue weighted by Crippen LogP contribution is -2.45. The Morgan fingerprint density at radius 1 is 1.21 bits per heavy atom. The fraction of sp³-hybridized carbons (Fsp3) is 0.500. The third kappa shape index (κ3) is 6.57. The summed E-state index contributed by atoms with van der Waals surface area (Å²) in [5, 5.41) is 5.08. The Kier molecular flexibility index (Phi) is 7.70. The van der Waals surface area contributed by atoms with Crippen molar-refractivity contribution in [2.75, 3.05) is 13.1 Å². The number of unbranched alkanes of at least 4 members (excludes halogenated alkanes) is 1. The van der Waals surface area contributed by atoms with E-state index in [4.69, 9.17) is 5.73 Å². The fourth-order valence-corrected chi connectivity index (χ4v) is 2.05. The molecule has 5 nitrogen and oxygen atoms in total. The maximum absolute atomic E-state index is 12.5. The molecule has 1 rings (SSSR count). The molecule has 0 bridgehead atoms. The molecule has 1 aromatic rings. The number of rotatable bonds is 8. The summed E-state index contributed by atoms with van der Waals surface area (Å²) in [6, 6.07) is 3.63. The topological polar surface area (TPSA) is 84.2 Å². The van der Waals surface area contributed by atoms with Crippen LogP contribution in [0, 0.1) is 0 Å². The number of halogens is 3. The van der Waals surface area contributed by atoms with Gasteiger partial charge in [-0.05, 0) is 30.7 Å². The van der Waals surface area contributed by atoms with Crippen molar-refractivity contribution in [2.45, 2.75) is 38.4 Å². The zero-order valence-corrected chi connectivity index (χ0v) is 13.5. The number of nitrogens with one attached hydrogen (secondary N) is 2. The molecule has 1 unspecified atom stereocenters. The minimum absolute atomic E-state index is 0.0529. The number of hydrogen-bond acceptors (Lipinski definition) is 3. The zero-order valence-electron chi connectivity index (χ0n) is 13.5. The molecular formula is C16H22F3N3O2. The second kappa shape index (κ2) is 9.27. The minimum Gasteiger partial charge on any atom is -0.351 e. The number of nitrogens with two attached hydrogens (primary N) is 1. The highest BCUT2D eigenvalue weighted by Crippen LogP contribution is 2.28. The first-order chi connectivity index (χ1) is 11.3. The smallest absolute Gasteiger partial charge is 0.351 e. The van der Waals surface area contributed by atoms with E-state index in [-0.39, 0.29) is 24.1 Å². The van der Waals surface area contributed by atoms with Gasteiger partial charge in [-0.3, -0.25) is 9.59 Å². The Labute approximate surface area is 138 Å². The highest BCUT2D eigenvalue weighted by atomic mass is 19.4. The van der Waals surface area contributed by atoms with Crippen LogP contribution in [-0.2, 0) is 11.0 Å². The van der Waals surface area contributed by atoms with Crippen LogP contribution in [0.4, 0.5) is 13.2 Å². The van der Waals surface area contributed by atoms with Gasteiger partial charge in [0.1, 0.15) is 0 Å². The molecule has 1 atom stereocenters. The van der Waals surface area contributed by atoms with E-state index in [0.29, 0.717) is 6.54 Å². The van der Waals surface area contributed by atoms with Crippen LogP contribution in [0.3, 0.4) is 0 Å². The van der Waals surface area contributed by atoms with Crippen LogP contribution in [-0.4, -0.2) is 30.9 Å². The molecule has 0 heterocycles. The molecule has 0 aliphatic rings. The molecule has 24 heavy (non-hydrogen) atoms. The Hall–Kier alpha value is -2.09. The summed E-state index contributed by atoms with van der Waals surface area (Å²) in [4.78, 5) is 23.6. The van der Waals surface area contributed by atoms with Gasteiger partial charge in [0.25, 0.3) is 5.91 Å². The maximum atomic E-state index is 12.5. The van der Waals surface area contributed by atoms with Crippen molar-refractivity contribution in [1.29, 1.82) is 0 Å². The van der Waals surface area contributed by atoms with Crippen molar-refractivity contribution in [3.05, 3.63) is 35.4 Å². The molecule has 0 saturated heterocycles. The van der Waals surface area contributed by atoms with Crippen LogP contribution in [0.25, 0.3) is 0 Å². The first kappa shape index (κ1) is 20.0. The predicted molar refractivity (Wildman–Crippen MR) is 84.3 cm³/mol. The number of amides is 2. The van der Waals surface area contributed by atoms with Crippen LogP contribution in [0.1, 0.15) is 42.1 Å². The second-order valence-electron chi connectivity index (χ2n) is 5.40. The first-order valence-electron chi connectivity index (χ1n) is 7.72. The van der Waals surface area contributed by atoms with Gasteiger partial charge in [0.2, 0.25) is 5.91 Å². The first-order valence-corrected chi connectivity index (χ1v) is 7.72. The summed E-state index contributed by atoms with van der Waals surface area (Å²) in [7, 11) is 0. The number of hydrogen-bond donors (Lipinski definition) is 3. The Bertz CT molecular complexity index is 544. The monoisotopic (exact) mass is 345 g/mol. The molecule has 8 heteroatoms. The number of carbonyl (C=O) groups excluding carboxylic acids is 2. The predicted octanol–water partition coefficient (Wildman–Crippen LogP) is 2.07. The molecule has 0 fully saturated rings. The SMILES string of the molecule is CCCCC(CN)NC(=O)CNC(=O)c1ccc(C(F)(F)F)cc1. The van der Waals surface area contributed by atoms with Crippen molar-refractivity contribution in [1.82, 2.24) is 10.6 Å². The molecule has 0 aliphatic heterocycles. The maximum Gasteiger partial charge on any atom is 0.416 e. The zero-order chi connectivity index (χ0) is 18.2. The van der Waals surface area contributed by atoms with Gasteiger partial charge < -0.3 is 16.4 Å². The number of carbonyl (C=O) groups is 2. The van der Waals surface area contributed by atoms with Crippen LogP contribution < -0.4 is 16.4 Å². The molecule has 134 valence electrons. The van der Waals surface area contributed by atoms with Crippen LogP contribution in [0.5, 0.6) is 0 Å². The normalized spacial score (nSPS) is 12.5. The molecule has 0 aromatic heterocycles. The van der Waals surface area contributed by atoms with Gasteiger partial charge in [0.05, 0.1) is 12.1 Å². The summed E-state index contributed by atoms with van der Waals surface area (Å²) >= 11 is 0. The van der Waals surface area contributed by atoms with Gasteiger partial charge in [-0.2, -0.15) is 13.2 Å². The standard InChI is InChI=1S/C16H22F3N3O2/c1-2-3-4-13(9-20)22-14(23)10-21-15(24)11-5-7-12(8-6-11)16(17,18)19/h5-8,13H,2-4,9-10,20H2,1H3,(H,21,24)(H,22,23). The largest absolute Gasteiger partial charge is 0.416 e. The van der Waals surface area contributed by atoms with Gasteiger partial charge in [0, 0.05) is 18.2 Å². The quantitative estimate of drug-likeness (QED) is 0.674. The van der Waals surface area contributed by atoms with Crippen molar-refractivity contribution in [3.63, 3.8) is 0 Å². The van der Waals surface area contributed by atoms with Gasteiger partial charge in [-0.15, -0.1) is 0 Å². The second-order valence-corrected chi connectivity index (χ2v) is 5.40. The van der Waals surface area contributed by atoms with E-state index in [9.17, 15) is 22.8 Å². The fourth-order valence-electron chi connectivity index (χ4n) is 2.05. The van der Waals surface area contributed by atoms with E-state index in [0.717, 1.165) is 43.5 Å². The Balaban J connectivity index is 2.49. The molecule has 1 aromatic carbocycles. The molecule has 4 N–H and O–H groups in total. The third-order valence-electron chi connectivity index (χ3n) is 3.44. The summed E-state index contributed by atoms with van der Waals surface area (Å²) in [5.74, 6) is -1.00. The lowest BCUT2D eigenvalue weighted by Gasteiger charge is -2.16. The average Bonchev–Trinajstić information content (AvgIpc) is 2.55. The van der Waals surface area contributed by atoms with E-state index >= 15 is 0 Å². The van der Waals surface area contributed by atoms with E-state index < -0.39 is 17.6 Å². The molecule has 0 spiro atoms. The molecular weight excluding hydrogens is 323 g/mol. The summed E-state index contributed by atoms with van der Waals surface area (Å²) in [5.41, 5.74) is 4.78. The molecule has 0 radical (unpaired) electrons. The van der Waals surface area contributed by atoms with Crippen LogP contribution in [0.2, 0.25) is 0 Å². The van der Waals surface area contributed by atoms with E-state index in [2.05, 4.69) is 10.6 Å². The molecule has 0 aliphatic carbocycles. The Morgan fingerprint density at radius 3 is 2.33 bits per heavy atom. The minimum atomic E-state index is -4.45. The van der Waals surface area contributed by atoms with E-state index in [1.165, 1.54) is 0 Å². The van der Waals surface area contributed by atoms with Crippen molar-refractivity contribution >= 4 is 11.8 Å². The van der Waals surface area contributed by atoms with Gasteiger partial charge in [-0.25, -0.2) is 0 Å². The van der Waals surface area contributed by atoms with Gasteiger partial charge in [-0.1, -0.05) is 19.8 Å². The van der Waals surface area contributed by atoms with Gasteiger partial charge >= 0.3 is 6.18 Å². The highest BCUT2D eigenvalue weighted by molar-refractivity contribution is 5.96. The highest BCUT2D eigenvalue weighted by Gasteiger charge is 2.30. The van der Waals surface area contributed by atoms with Gasteiger partial charge in [0.15, 0.2) is 0 Å². The summed E-state index contributed by atoms with van der Waals surface area (Å²) < 4.78 is 37.4. The van der Waals surface area contributed by atoms with Crippen molar-refractivity contribution in [2.24, 2.45) is 5.73 Å².